The van der Waals surface area contributed by atoms with Crippen molar-refractivity contribution >= 4 is 39.9 Å². The molecule has 1 heterocycles. The van der Waals surface area contributed by atoms with Crippen LogP contribution >= 0.6 is 23.8 Å². The molecule has 0 atom stereocenters. The van der Waals surface area contributed by atoms with E-state index in [2.05, 4.69) is 4.98 Å². The van der Waals surface area contributed by atoms with Gasteiger partial charge in [-0.3, -0.25) is 0 Å². The van der Waals surface area contributed by atoms with Crippen LogP contribution in [0.3, 0.4) is 0 Å². The number of fused-ring (bicyclic) bond motifs is 1. The molecule has 0 aliphatic rings. The zero-order valence-corrected chi connectivity index (χ0v) is 8.02. The molecule has 2 aromatic rings. The van der Waals surface area contributed by atoms with Crippen molar-refractivity contribution in [1.82, 2.24) is 4.98 Å². The summed E-state index contributed by atoms with van der Waals surface area (Å²) in [5.74, 6) is 0.271. The largest absolute Gasteiger partial charge is 0.434 e. The number of oxazole rings is 1. The van der Waals surface area contributed by atoms with Gasteiger partial charge in [-0.25, -0.2) is 4.98 Å². The van der Waals surface area contributed by atoms with E-state index in [0.717, 1.165) is 0 Å². The van der Waals surface area contributed by atoms with Gasteiger partial charge in [0.1, 0.15) is 5.52 Å². The van der Waals surface area contributed by atoms with Gasteiger partial charge in [-0.15, -0.1) is 0 Å². The van der Waals surface area contributed by atoms with E-state index in [9.17, 15) is 0 Å². The highest BCUT2D eigenvalue weighted by atomic mass is 35.5. The molecule has 0 spiro atoms. The van der Waals surface area contributed by atoms with Crippen molar-refractivity contribution in [1.29, 1.82) is 0 Å². The number of nitrogens with zero attached hydrogens (tertiary/aromatic N) is 1. The van der Waals surface area contributed by atoms with E-state index in [1.807, 2.05) is 0 Å². The van der Waals surface area contributed by atoms with Crippen molar-refractivity contribution in [3.63, 3.8) is 0 Å². The van der Waals surface area contributed by atoms with E-state index in [-0.39, 0.29) is 10.9 Å². The average molecular weight is 213 g/mol. The average Bonchev–Trinajstić information content (AvgIpc) is 2.46. The fourth-order valence-corrected chi connectivity index (χ4v) is 1.25. The SMILES string of the molecule is NC(=S)c1nc2ccc(Cl)cc2o1. The normalized spacial score (nSPS) is 10.5. The lowest BCUT2D eigenvalue weighted by atomic mass is 10.3. The number of halogens is 1. The van der Waals surface area contributed by atoms with Crippen molar-refractivity contribution < 1.29 is 4.42 Å². The van der Waals surface area contributed by atoms with Crippen LogP contribution in [-0.2, 0) is 0 Å². The van der Waals surface area contributed by atoms with Crippen LogP contribution in [0.1, 0.15) is 5.89 Å². The Balaban J connectivity index is 2.68. The first-order valence-electron chi connectivity index (χ1n) is 3.53. The molecule has 1 aromatic heterocycles. The number of rotatable bonds is 1. The highest BCUT2D eigenvalue weighted by Gasteiger charge is 2.07. The topological polar surface area (TPSA) is 52.0 Å². The van der Waals surface area contributed by atoms with Crippen LogP contribution in [0.25, 0.3) is 11.1 Å². The third-order valence-corrected chi connectivity index (χ3v) is 1.97. The molecule has 0 saturated carbocycles. The first-order valence-corrected chi connectivity index (χ1v) is 4.31. The minimum atomic E-state index is 0.146. The van der Waals surface area contributed by atoms with Crippen molar-refractivity contribution in [2.75, 3.05) is 0 Å². The Morgan fingerprint density at radius 1 is 1.54 bits per heavy atom. The van der Waals surface area contributed by atoms with Crippen LogP contribution in [0, 0.1) is 0 Å². The molecule has 0 saturated heterocycles. The monoisotopic (exact) mass is 212 g/mol. The van der Waals surface area contributed by atoms with Gasteiger partial charge in [0.15, 0.2) is 10.6 Å². The predicted octanol–water partition coefficient (Wildman–Crippen LogP) is 2.12. The molecule has 0 amide bonds. The Morgan fingerprint density at radius 3 is 3.00 bits per heavy atom. The standard InChI is InChI=1S/C8H5ClN2OS/c9-4-1-2-5-6(3-4)12-8(11-5)7(10)13/h1-3H,(H2,10,13). The molecule has 1 aromatic carbocycles. The van der Waals surface area contributed by atoms with Gasteiger partial charge in [0, 0.05) is 11.1 Å². The first-order chi connectivity index (χ1) is 6.16. The van der Waals surface area contributed by atoms with Crippen LogP contribution in [-0.4, -0.2) is 9.97 Å². The molecule has 0 aliphatic carbocycles. The highest BCUT2D eigenvalue weighted by Crippen LogP contribution is 2.19. The zero-order chi connectivity index (χ0) is 9.42. The number of thiocarbonyl (C=S) groups is 1. The van der Waals surface area contributed by atoms with Gasteiger partial charge in [-0.2, -0.15) is 0 Å². The third kappa shape index (κ3) is 1.50. The Bertz CT molecular complexity index is 480. The maximum atomic E-state index is 5.76. The van der Waals surface area contributed by atoms with Crippen LogP contribution in [0.2, 0.25) is 5.02 Å². The third-order valence-electron chi connectivity index (χ3n) is 1.56. The van der Waals surface area contributed by atoms with Gasteiger partial charge in [-0.1, -0.05) is 23.8 Å². The van der Waals surface area contributed by atoms with Crippen LogP contribution < -0.4 is 5.73 Å². The molecule has 2 rings (SSSR count). The molecule has 13 heavy (non-hydrogen) atoms. The number of hydrogen-bond donors (Lipinski definition) is 1. The summed E-state index contributed by atoms with van der Waals surface area (Å²) in [6.07, 6.45) is 0. The maximum Gasteiger partial charge on any atom is 0.255 e. The number of hydrogen-bond acceptors (Lipinski definition) is 3. The minimum Gasteiger partial charge on any atom is -0.434 e. The van der Waals surface area contributed by atoms with Crippen LogP contribution in [0.4, 0.5) is 0 Å². The summed E-state index contributed by atoms with van der Waals surface area (Å²) in [6.45, 7) is 0. The van der Waals surface area contributed by atoms with Gasteiger partial charge in [0.05, 0.1) is 0 Å². The Kier molecular flexibility index (Phi) is 1.94. The molecule has 0 fully saturated rings. The second-order valence-corrected chi connectivity index (χ2v) is 3.37. The summed E-state index contributed by atoms with van der Waals surface area (Å²) in [5, 5.41) is 0.595. The lowest BCUT2D eigenvalue weighted by Gasteiger charge is -1.86. The molecule has 0 unspecified atom stereocenters. The first kappa shape index (κ1) is 8.47. The summed E-state index contributed by atoms with van der Waals surface area (Å²) in [7, 11) is 0. The maximum absolute atomic E-state index is 5.76. The molecule has 0 radical (unpaired) electrons. The fraction of sp³-hybridized carbons (Fsp3) is 0. The Hall–Kier alpha value is -1.13. The summed E-state index contributed by atoms with van der Waals surface area (Å²) < 4.78 is 5.25. The Labute approximate surface area is 84.5 Å². The van der Waals surface area contributed by atoms with Crippen molar-refractivity contribution in [2.24, 2.45) is 5.73 Å². The molecule has 0 aliphatic heterocycles. The zero-order valence-electron chi connectivity index (χ0n) is 6.45. The van der Waals surface area contributed by atoms with Crippen molar-refractivity contribution in [3.05, 3.63) is 29.1 Å². The molecule has 5 heteroatoms. The molecule has 0 bridgehead atoms. The second kappa shape index (κ2) is 2.97. The van der Waals surface area contributed by atoms with Crippen molar-refractivity contribution in [3.8, 4) is 0 Å². The molecule has 3 nitrogen and oxygen atoms in total. The van der Waals surface area contributed by atoms with Gasteiger partial charge in [0.2, 0.25) is 0 Å². The van der Waals surface area contributed by atoms with Crippen molar-refractivity contribution in [2.45, 2.75) is 0 Å². The Morgan fingerprint density at radius 2 is 2.31 bits per heavy atom. The van der Waals surface area contributed by atoms with Crippen LogP contribution in [0.15, 0.2) is 22.6 Å². The number of aromatic nitrogens is 1. The van der Waals surface area contributed by atoms with E-state index >= 15 is 0 Å². The number of benzene rings is 1. The summed E-state index contributed by atoms with van der Waals surface area (Å²) >= 11 is 10.5. The van der Waals surface area contributed by atoms with E-state index in [1.54, 1.807) is 18.2 Å². The molecular weight excluding hydrogens is 208 g/mol. The summed E-state index contributed by atoms with van der Waals surface area (Å²) in [5.41, 5.74) is 6.65. The summed E-state index contributed by atoms with van der Waals surface area (Å²) in [4.78, 5) is 4.21. The molecule has 2 N–H and O–H groups in total. The number of nitrogens with two attached hydrogens (primary N) is 1. The fourth-order valence-electron chi connectivity index (χ4n) is 1.00. The van der Waals surface area contributed by atoms with Gasteiger partial charge in [0.25, 0.3) is 5.89 Å². The molecule has 66 valence electrons. The summed E-state index contributed by atoms with van der Waals surface area (Å²) in [6, 6.07) is 5.16. The lowest BCUT2D eigenvalue weighted by Crippen LogP contribution is -2.09. The molecular formula is C8H5ClN2OS. The van der Waals surface area contributed by atoms with Crippen LogP contribution in [0.5, 0.6) is 0 Å². The van der Waals surface area contributed by atoms with E-state index in [0.29, 0.717) is 16.1 Å². The minimum absolute atomic E-state index is 0.146. The van der Waals surface area contributed by atoms with E-state index < -0.39 is 0 Å². The smallest absolute Gasteiger partial charge is 0.255 e. The van der Waals surface area contributed by atoms with Gasteiger partial charge >= 0.3 is 0 Å². The second-order valence-electron chi connectivity index (χ2n) is 2.50. The predicted molar refractivity (Wildman–Crippen MR) is 54.9 cm³/mol. The highest BCUT2D eigenvalue weighted by molar-refractivity contribution is 7.80. The quantitative estimate of drug-likeness (QED) is 0.736. The lowest BCUT2D eigenvalue weighted by molar-refractivity contribution is 0.591. The van der Waals surface area contributed by atoms with Gasteiger partial charge < -0.3 is 10.2 Å². The van der Waals surface area contributed by atoms with E-state index in [1.165, 1.54) is 0 Å². The van der Waals surface area contributed by atoms with E-state index in [4.69, 9.17) is 34.0 Å². The van der Waals surface area contributed by atoms with Gasteiger partial charge in [-0.05, 0) is 12.1 Å².